The molecule has 0 saturated heterocycles. The summed E-state index contributed by atoms with van der Waals surface area (Å²) < 4.78 is 6.45. The maximum atomic E-state index is 12.2. The monoisotopic (exact) mass is 417 g/mol. The van der Waals surface area contributed by atoms with Gasteiger partial charge in [0.1, 0.15) is 5.75 Å². The number of carbonyl (C=O) groups excluding carboxylic acids is 1. The Kier molecular flexibility index (Phi) is 6.34. The first-order valence-electron chi connectivity index (χ1n) is 8.44. The van der Waals surface area contributed by atoms with Crippen LogP contribution in [0.5, 0.6) is 5.75 Å². The van der Waals surface area contributed by atoms with Crippen molar-refractivity contribution >= 4 is 29.1 Å². The summed E-state index contributed by atoms with van der Waals surface area (Å²) in [4.78, 5) is 24.3. The van der Waals surface area contributed by atoms with E-state index < -0.39 is 0 Å². The molecule has 3 aromatic rings. The maximum Gasteiger partial charge on any atom is 0.266 e. The van der Waals surface area contributed by atoms with E-state index in [2.05, 4.69) is 10.4 Å². The highest BCUT2D eigenvalue weighted by molar-refractivity contribution is 6.36. The molecule has 28 heavy (non-hydrogen) atoms. The third-order valence-electron chi connectivity index (χ3n) is 4.04. The minimum atomic E-state index is -0.346. The number of hydrogen-bond acceptors (Lipinski definition) is 4. The van der Waals surface area contributed by atoms with Crippen LogP contribution >= 0.6 is 23.2 Å². The summed E-state index contributed by atoms with van der Waals surface area (Å²) in [5.74, 6) is 0.390. The summed E-state index contributed by atoms with van der Waals surface area (Å²) in [6.07, 6.45) is 0. The predicted molar refractivity (Wildman–Crippen MR) is 109 cm³/mol. The molecule has 0 aliphatic carbocycles. The molecule has 0 aliphatic rings. The average Bonchev–Trinajstić information content (AvgIpc) is 2.69. The second-order valence-corrected chi connectivity index (χ2v) is 6.73. The van der Waals surface area contributed by atoms with Gasteiger partial charge in [0.15, 0.2) is 0 Å². The lowest BCUT2D eigenvalue weighted by Crippen LogP contribution is -2.32. The number of methoxy groups -OCH3 is 1. The molecule has 8 heteroatoms. The number of ether oxygens (including phenoxy) is 1. The summed E-state index contributed by atoms with van der Waals surface area (Å²) >= 11 is 11.9. The molecule has 3 rings (SSSR count). The van der Waals surface area contributed by atoms with E-state index in [4.69, 9.17) is 27.9 Å². The van der Waals surface area contributed by atoms with E-state index in [0.29, 0.717) is 16.3 Å². The molecular formula is C20H17Cl2N3O3. The van der Waals surface area contributed by atoms with Crippen molar-refractivity contribution in [2.24, 2.45) is 0 Å². The van der Waals surface area contributed by atoms with E-state index in [1.165, 1.54) is 16.8 Å². The van der Waals surface area contributed by atoms with Gasteiger partial charge in [-0.2, -0.15) is 5.10 Å². The third kappa shape index (κ3) is 4.71. The van der Waals surface area contributed by atoms with Crippen molar-refractivity contribution in [2.75, 3.05) is 13.7 Å². The molecular weight excluding hydrogens is 401 g/mol. The zero-order valence-electron chi connectivity index (χ0n) is 15.0. The van der Waals surface area contributed by atoms with Gasteiger partial charge in [0.2, 0.25) is 0 Å². The van der Waals surface area contributed by atoms with Crippen LogP contribution in [0.25, 0.3) is 11.3 Å². The van der Waals surface area contributed by atoms with Crippen molar-refractivity contribution in [3.05, 3.63) is 80.6 Å². The van der Waals surface area contributed by atoms with Crippen LogP contribution in [-0.2, 0) is 6.54 Å². The number of benzene rings is 2. The molecule has 0 fully saturated rings. The number of nitrogens with zero attached hydrogens (tertiary/aromatic N) is 2. The lowest BCUT2D eigenvalue weighted by atomic mass is 10.1. The van der Waals surface area contributed by atoms with Gasteiger partial charge in [0.25, 0.3) is 11.5 Å². The van der Waals surface area contributed by atoms with Crippen LogP contribution in [0.2, 0.25) is 10.0 Å². The number of aromatic nitrogens is 2. The standard InChI is InChI=1S/C20H17Cl2N3O3/c1-28-15-5-2-13(3-6-15)18-8-9-19(26)25(24-18)11-10-23-20(27)16-7-4-14(21)12-17(16)22/h2-9,12H,10-11H2,1H3,(H,23,27). The highest BCUT2D eigenvalue weighted by Crippen LogP contribution is 2.21. The Balaban J connectivity index is 1.68. The van der Waals surface area contributed by atoms with Crippen molar-refractivity contribution in [1.82, 2.24) is 15.1 Å². The second-order valence-electron chi connectivity index (χ2n) is 5.89. The van der Waals surface area contributed by atoms with Gasteiger partial charge in [0.05, 0.1) is 29.9 Å². The topological polar surface area (TPSA) is 73.2 Å². The Bertz CT molecular complexity index is 1050. The first-order valence-corrected chi connectivity index (χ1v) is 9.19. The van der Waals surface area contributed by atoms with Crippen molar-refractivity contribution in [1.29, 1.82) is 0 Å². The first kappa shape index (κ1) is 19.9. The summed E-state index contributed by atoms with van der Waals surface area (Å²) in [6.45, 7) is 0.441. The molecule has 0 bridgehead atoms. The van der Waals surface area contributed by atoms with Crippen LogP contribution in [0.1, 0.15) is 10.4 Å². The van der Waals surface area contributed by atoms with Gasteiger partial charge in [-0.1, -0.05) is 23.2 Å². The second kappa shape index (κ2) is 8.91. The molecule has 1 amide bonds. The normalized spacial score (nSPS) is 10.5. The molecule has 0 saturated carbocycles. The lowest BCUT2D eigenvalue weighted by molar-refractivity contribution is 0.0952. The number of nitrogens with one attached hydrogen (secondary N) is 1. The summed E-state index contributed by atoms with van der Waals surface area (Å²) in [6, 6.07) is 15.1. The van der Waals surface area contributed by atoms with E-state index >= 15 is 0 Å². The molecule has 0 aliphatic heterocycles. The highest BCUT2D eigenvalue weighted by Gasteiger charge is 2.11. The lowest BCUT2D eigenvalue weighted by Gasteiger charge is -2.10. The molecule has 2 aromatic carbocycles. The number of halogens is 2. The number of hydrogen-bond donors (Lipinski definition) is 1. The van der Waals surface area contributed by atoms with Crippen molar-refractivity contribution < 1.29 is 9.53 Å². The summed E-state index contributed by atoms with van der Waals surface area (Å²) in [5.41, 5.74) is 1.57. The first-order chi connectivity index (χ1) is 13.5. The maximum absolute atomic E-state index is 12.2. The van der Waals surface area contributed by atoms with Crippen LogP contribution in [0.4, 0.5) is 0 Å². The molecule has 1 heterocycles. The number of amides is 1. The van der Waals surface area contributed by atoms with E-state index in [1.807, 2.05) is 24.3 Å². The minimum Gasteiger partial charge on any atom is -0.497 e. The van der Waals surface area contributed by atoms with Crippen LogP contribution < -0.4 is 15.6 Å². The predicted octanol–water partition coefficient (Wildman–Crippen LogP) is 3.66. The molecule has 0 radical (unpaired) electrons. The molecule has 0 unspecified atom stereocenters. The fraction of sp³-hybridized carbons (Fsp3) is 0.150. The van der Waals surface area contributed by atoms with Gasteiger partial charge in [0, 0.05) is 23.2 Å². The van der Waals surface area contributed by atoms with E-state index in [1.54, 1.807) is 25.3 Å². The van der Waals surface area contributed by atoms with E-state index in [0.717, 1.165) is 11.3 Å². The SMILES string of the molecule is COc1ccc(-c2ccc(=O)n(CCNC(=O)c3ccc(Cl)cc3Cl)n2)cc1. The Morgan fingerprint density at radius 3 is 2.54 bits per heavy atom. The third-order valence-corrected chi connectivity index (χ3v) is 4.59. The fourth-order valence-corrected chi connectivity index (χ4v) is 3.06. The van der Waals surface area contributed by atoms with E-state index in [9.17, 15) is 9.59 Å². The van der Waals surface area contributed by atoms with Crippen LogP contribution in [-0.4, -0.2) is 29.3 Å². The van der Waals surface area contributed by atoms with Gasteiger partial charge in [-0.15, -0.1) is 0 Å². The molecule has 144 valence electrons. The van der Waals surface area contributed by atoms with Gasteiger partial charge in [-0.3, -0.25) is 9.59 Å². The van der Waals surface area contributed by atoms with Crippen LogP contribution in [0, 0.1) is 0 Å². The van der Waals surface area contributed by atoms with Crippen molar-refractivity contribution in [3.63, 3.8) is 0 Å². The Labute approximate surface area is 171 Å². The molecule has 1 N–H and O–H groups in total. The fourth-order valence-electron chi connectivity index (χ4n) is 2.57. The molecule has 0 spiro atoms. The largest absolute Gasteiger partial charge is 0.497 e. The minimum absolute atomic E-state index is 0.219. The van der Waals surface area contributed by atoms with Gasteiger partial charge >= 0.3 is 0 Å². The van der Waals surface area contributed by atoms with Crippen molar-refractivity contribution in [3.8, 4) is 17.0 Å². The Morgan fingerprint density at radius 2 is 1.86 bits per heavy atom. The molecule has 6 nitrogen and oxygen atoms in total. The number of carbonyl (C=O) groups is 1. The number of rotatable bonds is 6. The van der Waals surface area contributed by atoms with Gasteiger partial charge in [-0.05, 0) is 48.5 Å². The van der Waals surface area contributed by atoms with Crippen molar-refractivity contribution in [2.45, 2.75) is 6.54 Å². The van der Waals surface area contributed by atoms with E-state index in [-0.39, 0.29) is 29.6 Å². The molecule has 0 atom stereocenters. The van der Waals surface area contributed by atoms with Crippen LogP contribution in [0.15, 0.2) is 59.4 Å². The zero-order chi connectivity index (χ0) is 20.1. The van der Waals surface area contributed by atoms with Gasteiger partial charge in [-0.25, -0.2) is 4.68 Å². The smallest absolute Gasteiger partial charge is 0.266 e. The van der Waals surface area contributed by atoms with Gasteiger partial charge < -0.3 is 10.1 Å². The quantitative estimate of drug-likeness (QED) is 0.663. The van der Waals surface area contributed by atoms with Crippen LogP contribution in [0.3, 0.4) is 0 Å². The summed E-state index contributed by atoms with van der Waals surface area (Å²) in [5, 5.41) is 7.81. The highest BCUT2D eigenvalue weighted by atomic mass is 35.5. The Hall–Kier alpha value is -2.83. The molecule has 1 aromatic heterocycles. The summed E-state index contributed by atoms with van der Waals surface area (Å²) in [7, 11) is 1.60. The average molecular weight is 418 g/mol. The Morgan fingerprint density at radius 1 is 1.11 bits per heavy atom. The zero-order valence-corrected chi connectivity index (χ0v) is 16.5.